The van der Waals surface area contributed by atoms with Gasteiger partial charge in [0.05, 0.1) is 5.54 Å². The highest BCUT2D eigenvalue weighted by atomic mass is 19.1. The van der Waals surface area contributed by atoms with E-state index in [9.17, 15) is 4.39 Å². The molecule has 1 saturated carbocycles. The van der Waals surface area contributed by atoms with Gasteiger partial charge in [-0.3, -0.25) is 9.88 Å². The van der Waals surface area contributed by atoms with Crippen molar-refractivity contribution in [2.45, 2.75) is 69.8 Å². The lowest BCUT2D eigenvalue weighted by molar-refractivity contribution is 0.111. The standard InChI is InChI=1S/C32H37F3N4O/c1-31(2,35)26-7-4-3-6-23(26)29-28(34)24-13-27(40-19-32-10-5-11-39(32)18-22(33)14-32)37-30(25(24)15-36-29)38-16-20-8-9-21(12-20)17-38/h3-4,6-7,13,15,20-22H,5,8-12,14,16-19H2,1-2H3/t20?,21?,22-,32+/m1/s1. The fourth-order valence-electron chi connectivity index (χ4n) is 7.89. The van der Waals surface area contributed by atoms with Gasteiger partial charge < -0.3 is 9.64 Å². The fraction of sp³-hybridized carbons (Fsp3) is 0.562. The zero-order valence-electron chi connectivity index (χ0n) is 23.3. The molecular weight excluding hydrogens is 513 g/mol. The van der Waals surface area contributed by atoms with Crippen LogP contribution in [0.3, 0.4) is 0 Å². The summed E-state index contributed by atoms with van der Waals surface area (Å²) in [7, 11) is 0. The predicted molar refractivity (Wildman–Crippen MR) is 151 cm³/mol. The molecule has 5 heterocycles. The molecule has 8 heteroatoms. The fourth-order valence-corrected chi connectivity index (χ4v) is 7.89. The van der Waals surface area contributed by atoms with Gasteiger partial charge in [-0.1, -0.05) is 24.3 Å². The van der Waals surface area contributed by atoms with Crippen molar-refractivity contribution in [3.63, 3.8) is 0 Å². The average Bonchev–Trinajstić information content (AvgIpc) is 3.57. The van der Waals surface area contributed by atoms with Gasteiger partial charge in [-0.05, 0) is 69.9 Å². The van der Waals surface area contributed by atoms with Crippen molar-refractivity contribution in [3.8, 4) is 17.1 Å². The second-order valence-corrected chi connectivity index (χ2v) is 13.0. The molecule has 7 rings (SSSR count). The smallest absolute Gasteiger partial charge is 0.216 e. The van der Waals surface area contributed by atoms with Gasteiger partial charge in [0.1, 0.15) is 30.0 Å². The summed E-state index contributed by atoms with van der Waals surface area (Å²) in [6, 6.07) is 8.59. The maximum absolute atomic E-state index is 16.5. The van der Waals surface area contributed by atoms with Crippen molar-refractivity contribution >= 4 is 16.6 Å². The zero-order chi connectivity index (χ0) is 27.6. The molecule has 5 nitrogen and oxygen atoms in total. The molecular formula is C32H37F3N4O. The Labute approximate surface area is 233 Å². The van der Waals surface area contributed by atoms with Gasteiger partial charge in [0.2, 0.25) is 5.88 Å². The molecule has 4 fully saturated rings. The van der Waals surface area contributed by atoms with Gasteiger partial charge in [-0.15, -0.1) is 0 Å². The van der Waals surface area contributed by atoms with E-state index >= 15 is 8.78 Å². The van der Waals surface area contributed by atoms with E-state index in [4.69, 9.17) is 9.72 Å². The second kappa shape index (κ2) is 9.61. The number of alkyl halides is 2. The summed E-state index contributed by atoms with van der Waals surface area (Å²) >= 11 is 0. The Balaban J connectivity index is 1.32. The van der Waals surface area contributed by atoms with E-state index in [-0.39, 0.29) is 11.2 Å². The number of ether oxygens (including phenoxy) is 1. The van der Waals surface area contributed by atoms with Crippen molar-refractivity contribution in [2.75, 3.05) is 37.7 Å². The van der Waals surface area contributed by atoms with Gasteiger partial charge in [0, 0.05) is 54.7 Å². The molecule has 3 saturated heterocycles. The van der Waals surface area contributed by atoms with Crippen LogP contribution in [0.2, 0.25) is 0 Å². The van der Waals surface area contributed by atoms with E-state index in [2.05, 4.69) is 14.8 Å². The summed E-state index contributed by atoms with van der Waals surface area (Å²) in [4.78, 5) is 14.0. The molecule has 2 bridgehead atoms. The first-order valence-electron chi connectivity index (χ1n) is 14.8. The highest BCUT2D eigenvalue weighted by Gasteiger charge is 2.49. The third-order valence-corrected chi connectivity index (χ3v) is 9.76. The molecule has 4 atom stereocenters. The molecule has 0 amide bonds. The number of hydrogen-bond acceptors (Lipinski definition) is 5. The summed E-state index contributed by atoms with van der Waals surface area (Å²) in [5.41, 5.74) is -1.04. The lowest BCUT2D eigenvalue weighted by Crippen LogP contribution is -2.43. The topological polar surface area (TPSA) is 41.5 Å². The first-order chi connectivity index (χ1) is 19.2. The van der Waals surface area contributed by atoms with Crippen molar-refractivity contribution in [2.24, 2.45) is 11.8 Å². The first kappa shape index (κ1) is 26.1. The van der Waals surface area contributed by atoms with Crippen molar-refractivity contribution in [3.05, 3.63) is 47.9 Å². The molecule has 1 aromatic carbocycles. The van der Waals surface area contributed by atoms with Crippen LogP contribution in [0.5, 0.6) is 5.88 Å². The van der Waals surface area contributed by atoms with E-state index in [1.54, 1.807) is 36.5 Å². The van der Waals surface area contributed by atoms with E-state index in [0.29, 0.717) is 65.0 Å². The Morgan fingerprint density at radius 3 is 2.65 bits per heavy atom. The molecule has 2 aromatic heterocycles. The van der Waals surface area contributed by atoms with Crippen LogP contribution >= 0.6 is 0 Å². The zero-order valence-corrected chi connectivity index (χ0v) is 23.3. The number of aromatic nitrogens is 2. The number of rotatable bonds is 6. The van der Waals surface area contributed by atoms with Crippen LogP contribution in [0.25, 0.3) is 22.0 Å². The van der Waals surface area contributed by atoms with Gasteiger partial charge in [-0.2, -0.15) is 4.98 Å². The van der Waals surface area contributed by atoms with Crippen LogP contribution in [-0.2, 0) is 5.67 Å². The number of pyridine rings is 2. The van der Waals surface area contributed by atoms with Crippen molar-refractivity contribution < 1.29 is 17.9 Å². The van der Waals surface area contributed by atoms with Gasteiger partial charge in [0.15, 0.2) is 5.82 Å². The highest BCUT2D eigenvalue weighted by Crippen LogP contribution is 2.43. The van der Waals surface area contributed by atoms with Crippen LogP contribution < -0.4 is 9.64 Å². The second-order valence-electron chi connectivity index (χ2n) is 13.0. The molecule has 0 radical (unpaired) electrons. The summed E-state index contributed by atoms with van der Waals surface area (Å²) in [5.74, 6) is 1.76. The minimum atomic E-state index is -1.66. The number of piperidine rings is 1. The third kappa shape index (κ3) is 4.43. The average molecular weight is 551 g/mol. The summed E-state index contributed by atoms with van der Waals surface area (Å²) in [6.07, 6.45) is 6.87. The van der Waals surface area contributed by atoms with Crippen molar-refractivity contribution in [1.82, 2.24) is 14.9 Å². The summed E-state index contributed by atoms with van der Waals surface area (Å²) < 4.78 is 52.3. The molecule has 212 valence electrons. The number of halogens is 3. The maximum atomic E-state index is 16.5. The van der Waals surface area contributed by atoms with Crippen LogP contribution in [0, 0.1) is 17.7 Å². The van der Waals surface area contributed by atoms with E-state index < -0.39 is 17.7 Å². The number of fused-ring (bicyclic) bond motifs is 4. The normalized spacial score (nSPS) is 28.4. The van der Waals surface area contributed by atoms with Crippen LogP contribution in [0.1, 0.15) is 57.9 Å². The Hall–Kier alpha value is -2.87. The minimum absolute atomic E-state index is 0.118. The molecule has 3 aromatic rings. The number of nitrogens with zero attached hydrogens (tertiary/aromatic N) is 4. The van der Waals surface area contributed by atoms with Crippen LogP contribution in [-0.4, -0.2) is 59.4 Å². The van der Waals surface area contributed by atoms with Gasteiger partial charge in [-0.25, -0.2) is 13.2 Å². The third-order valence-electron chi connectivity index (χ3n) is 9.76. The Bertz CT molecular complexity index is 1430. The van der Waals surface area contributed by atoms with Crippen LogP contribution in [0.4, 0.5) is 19.0 Å². The van der Waals surface area contributed by atoms with Gasteiger partial charge >= 0.3 is 0 Å². The summed E-state index contributed by atoms with van der Waals surface area (Å²) in [6.45, 7) is 6.36. The maximum Gasteiger partial charge on any atom is 0.216 e. The Morgan fingerprint density at radius 2 is 1.88 bits per heavy atom. The molecule has 0 N–H and O–H groups in total. The van der Waals surface area contributed by atoms with Crippen molar-refractivity contribution in [1.29, 1.82) is 0 Å². The lowest BCUT2D eigenvalue weighted by Gasteiger charge is -2.34. The Morgan fingerprint density at radius 1 is 1.10 bits per heavy atom. The number of anilines is 1. The predicted octanol–water partition coefficient (Wildman–Crippen LogP) is 6.83. The largest absolute Gasteiger partial charge is 0.476 e. The Kier molecular flexibility index (Phi) is 6.26. The molecule has 40 heavy (non-hydrogen) atoms. The highest BCUT2D eigenvalue weighted by molar-refractivity contribution is 5.95. The number of hydrogen-bond donors (Lipinski definition) is 0. The summed E-state index contributed by atoms with van der Waals surface area (Å²) in [5, 5.41) is 1.00. The molecule has 2 unspecified atom stereocenters. The van der Waals surface area contributed by atoms with E-state index in [0.717, 1.165) is 32.5 Å². The minimum Gasteiger partial charge on any atom is -0.476 e. The van der Waals surface area contributed by atoms with Gasteiger partial charge in [0.25, 0.3) is 0 Å². The van der Waals surface area contributed by atoms with E-state index in [1.165, 1.54) is 33.1 Å². The molecule has 3 aliphatic heterocycles. The number of benzene rings is 1. The monoisotopic (exact) mass is 550 g/mol. The van der Waals surface area contributed by atoms with Crippen LogP contribution in [0.15, 0.2) is 36.5 Å². The van der Waals surface area contributed by atoms with E-state index in [1.807, 2.05) is 0 Å². The molecule has 1 aliphatic carbocycles. The lowest BCUT2D eigenvalue weighted by atomic mass is 9.92. The molecule has 0 spiro atoms. The first-order valence-corrected chi connectivity index (χ1v) is 14.8. The quantitative estimate of drug-likeness (QED) is 0.337. The SMILES string of the molecule is CC(C)(F)c1ccccc1-c1ncc2c(N3CC4CCC(C4)C3)nc(OC[C@@]34CCCN3C[C@H](F)C4)cc2c1F. The molecule has 4 aliphatic rings.